The number of imide groups is 1. The Bertz CT molecular complexity index is 1020. The van der Waals surface area contributed by atoms with Gasteiger partial charge in [0, 0.05) is 32.2 Å². The molecule has 284 valence electrons. The van der Waals surface area contributed by atoms with Crippen LogP contribution in [0.15, 0.2) is 0 Å². The number of carbonyl (C=O) groups excluding carboxylic acids is 4. The van der Waals surface area contributed by atoms with Crippen LogP contribution in [0.4, 0.5) is 4.79 Å². The largest absolute Gasteiger partial charge is 0.449 e. The number of hydrogen-bond acceptors (Lipinski definition) is 14. The van der Waals surface area contributed by atoms with E-state index in [1.165, 1.54) is 0 Å². The molecule has 0 aromatic rings. The highest BCUT2D eigenvalue weighted by atomic mass is 16.7. The molecule has 50 heavy (non-hydrogen) atoms. The van der Waals surface area contributed by atoms with Gasteiger partial charge in [0.1, 0.15) is 0 Å². The van der Waals surface area contributed by atoms with Gasteiger partial charge in [0.2, 0.25) is 0 Å². The lowest BCUT2D eigenvalue weighted by Gasteiger charge is -2.12. The van der Waals surface area contributed by atoms with Crippen LogP contribution in [-0.2, 0) is 61.9 Å². The Morgan fingerprint density at radius 1 is 0.600 bits per heavy atom. The van der Waals surface area contributed by atoms with Crippen molar-refractivity contribution in [2.75, 3.05) is 119 Å². The average Bonchev–Trinajstić information content (AvgIpc) is 3.65. The van der Waals surface area contributed by atoms with Crippen molar-refractivity contribution in [3.63, 3.8) is 0 Å². The van der Waals surface area contributed by atoms with Crippen molar-refractivity contribution < 1.29 is 66.6 Å². The van der Waals surface area contributed by atoms with Crippen LogP contribution >= 0.6 is 0 Å². The van der Waals surface area contributed by atoms with E-state index in [4.69, 9.17) is 47.5 Å². The zero-order valence-corrected chi connectivity index (χ0v) is 29.1. The minimum atomic E-state index is -0.701. The van der Waals surface area contributed by atoms with E-state index >= 15 is 0 Å². The molecule has 2 unspecified atom stereocenters. The van der Waals surface area contributed by atoms with Crippen molar-refractivity contribution in [1.29, 1.82) is 0 Å². The Hall–Kier alpha value is -2.88. The minimum absolute atomic E-state index is 0.0574. The molecule has 1 heterocycles. The summed E-state index contributed by atoms with van der Waals surface area (Å²) in [5.74, 6) is 6.47. The normalized spacial score (nSPS) is 19.7. The van der Waals surface area contributed by atoms with Crippen molar-refractivity contribution in [3.8, 4) is 11.8 Å². The highest BCUT2D eigenvalue weighted by Gasteiger charge is 2.49. The van der Waals surface area contributed by atoms with E-state index in [-0.39, 0.29) is 32.5 Å². The van der Waals surface area contributed by atoms with Gasteiger partial charge in [-0.2, -0.15) is 0 Å². The first kappa shape index (κ1) is 41.5. The summed E-state index contributed by atoms with van der Waals surface area (Å²) in [6.45, 7) is 7.27. The Balaban J connectivity index is 0.925. The molecule has 0 spiro atoms. The zero-order valence-electron chi connectivity index (χ0n) is 29.1. The van der Waals surface area contributed by atoms with Crippen LogP contribution in [-0.4, -0.2) is 148 Å². The molecule has 2 atom stereocenters. The van der Waals surface area contributed by atoms with Gasteiger partial charge in [-0.1, -0.05) is 0 Å². The number of rotatable bonds is 30. The molecule has 3 rings (SSSR count). The number of nitrogens with zero attached hydrogens (tertiary/aromatic N) is 1. The molecule has 0 bridgehead atoms. The van der Waals surface area contributed by atoms with Crippen LogP contribution in [0.25, 0.3) is 0 Å². The molecule has 3 aliphatic rings. The third-order valence-electron chi connectivity index (χ3n) is 8.02. The molecule has 16 nitrogen and oxygen atoms in total. The lowest BCUT2D eigenvalue weighted by atomic mass is 10.1. The maximum atomic E-state index is 11.9. The van der Waals surface area contributed by atoms with Gasteiger partial charge in [-0.25, -0.2) is 9.59 Å². The Morgan fingerprint density at radius 2 is 1.00 bits per heavy atom. The molecule has 0 aromatic heterocycles. The minimum Gasteiger partial charge on any atom is -0.449 e. The van der Waals surface area contributed by atoms with Crippen LogP contribution in [0.2, 0.25) is 0 Å². The molecule has 2 fully saturated rings. The molecule has 16 heteroatoms. The number of hydrogen-bond donors (Lipinski definition) is 1. The molecule has 1 aliphatic heterocycles. The first-order valence-corrected chi connectivity index (χ1v) is 17.6. The summed E-state index contributed by atoms with van der Waals surface area (Å²) in [5, 5.41) is 3.24. The van der Waals surface area contributed by atoms with E-state index in [1.54, 1.807) is 0 Å². The van der Waals surface area contributed by atoms with Crippen LogP contribution in [0, 0.1) is 29.6 Å². The standard InChI is InChI=1S/C34H54N2O14/c37-31-7-8-32(38)36(31)50-33(39)9-11-41-13-15-43-17-19-45-21-23-47-25-26-48-24-22-46-20-18-44-16-14-42-12-10-35-34(40)49-27-30-28-5-3-1-2-4-6-29(28)30/h28-30H,3-27H2,(H,35,40). The summed E-state index contributed by atoms with van der Waals surface area (Å²) in [6, 6.07) is 0. The topological polar surface area (TPSA) is 176 Å². The quantitative estimate of drug-likeness (QED) is 0.0640. The third-order valence-corrected chi connectivity index (χ3v) is 8.02. The van der Waals surface area contributed by atoms with Crippen LogP contribution in [0.5, 0.6) is 0 Å². The second kappa shape index (κ2) is 26.9. The number of carbonyl (C=O) groups is 4. The van der Waals surface area contributed by atoms with Crippen LogP contribution in [0.3, 0.4) is 0 Å². The van der Waals surface area contributed by atoms with E-state index < -0.39 is 23.9 Å². The molecule has 0 radical (unpaired) electrons. The molecular formula is C34H54N2O14. The van der Waals surface area contributed by atoms with Crippen molar-refractivity contribution in [2.45, 2.75) is 44.9 Å². The van der Waals surface area contributed by atoms with E-state index in [0.29, 0.717) is 128 Å². The number of ether oxygens (including phenoxy) is 9. The predicted octanol–water partition coefficient (Wildman–Crippen LogP) is 1.28. The molecule has 2 aliphatic carbocycles. The SMILES string of the molecule is O=C(CCOCCOCCOCCOCCOCCOCCOCCOCCNC(=O)OCC1C2CCC#CCCC21)ON1C(=O)CCC1=O. The molecular weight excluding hydrogens is 660 g/mol. The van der Waals surface area contributed by atoms with Gasteiger partial charge in [0.15, 0.2) is 0 Å². The van der Waals surface area contributed by atoms with Crippen molar-refractivity contribution in [2.24, 2.45) is 17.8 Å². The second-order valence-electron chi connectivity index (χ2n) is 11.6. The fraction of sp³-hybridized carbons (Fsp3) is 0.824. The number of nitrogens with one attached hydrogen (secondary N) is 1. The van der Waals surface area contributed by atoms with Gasteiger partial charge in [0.05, 0.1) is 119 Å². The van der Waals surface area contributed by atoms with Gasteiger partial charge in [-0.05, 0) is 30.6 Å². The van der Waals surface area contributed by atoms with Gasteiger partial charge >= 0.3 is 12.1 Å². The molecule has 1 saturated carbocycles. The molecule has 1 N–H and O–H groups in total. The fourth-order valence-electron chi connectivity index (χ4n) is 5.33. The highest BCUT2D eigenvalue weighted by molar-refractivity contribution is 6.01. The van der Waals surface area contributed by atoms with Gasteiger partial charge < -0.3 is 52.8 Å². The summed E-state index contributed by atoms with van der Waals surface area (Å²) in [6.07, 6.45) is 3.79. The van der Waals surface area contributed by atoms with Gasteiger partial charge in [0.25, 0.3) is 11.8 Å². The third kappa shape index (κ3) is 18.9. The van der Waals surface area contributed by atoms with E-state index in [0.717, 1.165) is 25.7 Å². The molecule has 0 aromatic carbocycles. The first-order chi connectivity index (χ1) is 24.6. The molecule has 3 amide bonds. The maximum Gasteiger partial charge on any atom is 0.407 e. The fourth-order valence-corrected chi connectivity index (χ4v) is 5.33. The first-order valence-electron chi connectivity index (χ1n) is 17.6. The smallest absolute Gasteiger partial charge is 0.407 e. The summed E-state index contributed by atoms with van der Waals surface area (Å²) in [7, 11) is 0. The zero-order chi connectivity index (χ0) is 35.5. The van der Waals surface area contributed by atoms with Gasteiger partial charge in [-0.15, -0.1) is 16.9 Å². The van der Waals surface area contributed by atoms with Crippen LogP contribution in [0.1, 0.15) is 44.9 Å². The van der Waals surface area contributed by atoms with Crippen LogP contribution < -0.4 is 5.32 Å². The summed E-state index contributed by atoms with van der Waals surface area (Å²) in [4.78, 5) is 51.1. The summed E-state index contributed by atoms with van der Waals surface area (Å²) >= 11 is 0. The number of hydroxylamine groups is 2. The number of amides is 3. The monoisotopic (exact) mass is 714 g/mol. The number of alkyl carbamates (subject to hydrolysis) is 1. The van der Waals surface area contributed by atoms with Crippen molar-refractivity contribution >= 4 is 23.9 Å². The van der Waals surface area contributed by atoms with Crippen molar-refractivity contribution in [3.05, 3.63) is 0 Å². The van der Waals surface area contributed by atoms with E-state index in [9.17, 15) is 19.2 Å². The van der Waals surface area contributed by atoms with Gasteiger partial charge in [-0.3, -0.25) is 9.59 Å². The Labute approximate surface area is 294 Å². The average molecular weight is 715 g/mol. The number of fused-ring (bicyclic) bond motifs is 1. The maximum absolute atomic E-state index is 11.9. The Morgan fingerprint density at radius 3 is 1.44 bits per heavy atom. The Kier molecular flexibility index (Phi) is 22.3. The summed E-state index contributed by atoms with van der Waals surface area (Å²) in [5.41, 5.74) is 0. The lowest BCUT2D eigenvalue weighted by Crippen LogP contribution is -2.32. The highest BCUT2D eigenvalue weighted by Crippen LogP contribution is 2.52. The van der Waals surface area contributed by atoms with E-state index in [2.05, 4.69) is 17.2 Å². The van der Waals surface area contributed by atoms with Crippen molar-refractivity contribution in [1.82, 2.24) is 10.4 Å². The lowest BCUT2D eigenvalue weighted by molar-refractivity contribution is -0.198. The second-order valence-corrected chi connectivity index (χ2v) is 11.6. The molecule has 1 saturated heterocycles. The predicted molar refractivity (Wildman–Crippen MR) is 174 cm³/mol. The van der Waals surface area contributed by atoms with E-state index in [1.807, 2.05) is 0 Å². The summed E-state index contributed by atoms with van der Waals surface area (Å²) < 4.78 is 48.8.